The molecule has 144 valence electrons. The SMILES string of the molecule is COc1cc(/C=N\S(=O)(=O)c2ccccc2)ccc1OCc1ccccc1F. The van der Waals surface area contributed by atoms with E-state index in [1.807, 2.05) is 0 Å². The average Bonchev–Trinajstić information content (AvgIpc) is 2.72. The second-order valence-corrected chi connectivity index (χ2v) is 7.45. The smallest absolute Gasteiger partial charge is 0.282 e. The van der Waals surface area contributed by atoms with Gasteiger partial charge in [0.25, 0.3) is 10.0 Å². The highest BCUT2D eigenvalue weighted by Crippen LogP contribution is 2.28. The molecule has 0 atom stereocenters. The molecule has 0 aliphatic heterocycles. The van der Waals surface area contributed by atoms with Crippen molar-refractivity contribution in [2.24, 2.45) is 4.40 Å². The summed E-state index contributed by atoms with van der Waals surface area (Å²) < 4.78 is 52.8. The van der Waals surface area contributed by atoms with Crippen molar-refractivity contribution in [1.82, 2.24) is 0 Å². The Bertz CT molecular complexity index is 1080. The summed E-state index contributed by atoms with van der Waals surface area (Å²) in [5.74, 6) is 0.447. The lowest BCUT2D eigenvalue weighted by Gasteiger charge is -2.11. The van der Waals surface area contributed by atoms with Crippen molar-refractivity contribution in [3.8, 4) is 11.5 Å². The van der Waals surface area contributed by atoms with Gasteiger partial charge in [-0.05, 0) is 42.0 Å². The van der Waals surface area contributed by atoms with Crippen LogP contribution in [0.15, 0.2) is 82.1 Å². The van der Waals surface area contributed by atoms with E-state index in [-0.39, 0.29) is 17.3 Å². The Hall–Kier alpha value is -3.19. The van der Waals surface area contributed by atoms with Crippen LogP contribution in [0.1, 0.15) is 11.1 Å². The molecule has 0 heterocycles. The van der Waals surface area contributed by atoms with Crippen LogP contribution in [0.5, 0.6) is 11.5 Å². The Morgan fingerprint density at radius 1 is 0.964 bits per heavy atom. The monoisotopic (exact) mass is 399 g/mol. The van der Waals surface area contributed by atoms with Crippen molar-refractivity contribution in [2.75, 3.05) is 7.11 Å². The molecule has 0 aromatic heterocycles. The fraction of sp³-hybridized carbons (Fsp3) is 0.0952. The normalized spacial score (nSPS) is 11.5. The number of halogens is 1. The summed E-state index contributed by atoms with van der Waals surface area (Å²) >= 11 is 0. The molecule has 0 aliphatic carbocycles. The molecule has 0 aliphatic rings. The lowest BCUT2D eigenvalue weighted by atomic mass is 10.2. The van der Waals surface area contributed by atoms with Gasteiger partial charge in [0.15, 0.2) is 11.5 Å². The quantitative estimate of drug-likeness (QED) is 0.558. The second-order valence-electron chi connectivity index (χ2n) is 5.81. The van der Waals surface area contributed by atoms with E-state index >= 15 is 0 Å². The van der Waals surface area contributed by atoms with E-state index in [0.717, 1.165) is 0 Å². The first-order chi connectivity index (χ1) is 13.5. The van der Waals surface area contributed by atoms with Gasteiger partial charge < -0.3 is 9.47 Å². The fourth-order valence-electron chi connectivity index (χ4n) is 2.44. The summed E-state index contributed by atoms with van der Waals surface area (Å²) in [7, 11) is -2.32. The molecule has 28 heavy (non-hydrogen) atoms. The van der Waals surface area contributed by atoms with Gasteiger partial charge in [-0.15, -0.1) is 0 Å². The third kappa shape index (κ3) is 4.75. The number of benzene rings is 3. The van der Waals surface area contributed by atoms with E-state index in [4.69, 9.17) is 9.47 Å². The maximum Gasteiger partial charge on any atom is 0.282 e. The first kappa shape index (κ1) is 19.6. The van der Waals surface area contributed by atoms with Gasteiger partial charge >= 0.3 is 0 Å². The zero-order valence-corrected chi connectivity index (χ0v) is 15.9. The van der Waals surface area contributed by atoms with E-state index in [0.29, 0.717) is 22.6 Å². The molecule has 7 heteroatoms. The van der Waals surface area contributed by atoms with Crippen molar-refractivity contribution >= 4 is 16.2 Å². The molecule has 0 fully saturated rings. The summed E-state index contributed by atoms with van der Waals surface area (Å²) in [6.45, 7) is 0.0405. The molecule has 0 radical (unpaired) electrons. The number of nitrogens with zero attached hydrogens (tertiary/aromatic N) is 1. The highest BCUT2D eigenvalue weighted by atomic mass is 32.2. The van der Waals surface area contributed by atoms with Crippen molar-refractivity contribution in [3.63, 3.8) is 0 Å². The predicted molar refractivity (Wildman–Crippen MR) is 105 cm³/mol. The molecule has 0 saturated carbocycles. The summed E-state index contributed by atoms with van der Waals surface area (Å²) in [6.07, 6.45) is 1.24. The Morgan fingerprint density at radius 2 is 1.68 bits per heavy atom. The number of hydrogen-bond acceptors (Lipinski definition) is 4. The third-order valence-corrected chi connectivity index (χ3v) is 5.16. The number of methoxy groups -OCH3 is 1. The molecule has 0 amide bonds. The van der Waals surface area contributed by atoms with Crippen molar-refractivity contribution in [1.29, 1.82) is 0 Å². The van der Waals surface area contributed by atoms with Crippen LogP contribution in [0.2, 0.25) is 0 Å². The van der Waals surface area contributed by atoms with E-state index in [1.54, 1.807) is 54.6 Å². The van der Waals surface area contributed by atoms with Gasteiger partial charge in [-0.2, -0.15) is 12.8 Å². The third-order valence-electron chi connectivity index (χ3n) is 3.91. The van der Waals surface area contributed by atoms with Crippen molar-refractivity contribution < 1.29 is 22.3 Å². The van der Waals surface area contributed by atoms with Crippen molar-refractivity contribution in [3.05, 3.63) is 89.7 Å². The lowest BCUT2D eigenvalue weighted by molar-refractivity contribution is 0.279. The highest BCUT2D eigenvalue weighted by molar-refractivity contribution is 7.90. The number of sulfonamides is 1. The van der Waals surface area contributed by atoms with Gasteiger partial charge in [-0.3, -0.25) is 0 Å². The summed E-state index contributed by atoms with van der Waals surface area (Å²) in [4.78, 5) is 0.114. The van der Waals surface area contributed by atoms with Gasteiger partial charge in [-0.1, -0.05) is 36.4 Å². The first-order valence-corrected chi connectivity index (χ1v) is 9.83. The van der Waals surface area contributed by atoms with Crippen LogP contribution in [-0.4, -0.2) is 21.7 Å². The molecule has 3 aromatic carbocycles. The van der Waals surface area contributed by atoms with Gasteiger partial charge in [0.2, 0.25) is 0 Å². The average molecular weight is 399 g/mol. The van der Waals surface area contributed by atoms with Crippen LogP contribution in [0, 0.1) is 5.82 Å². The maximum absolute atomic E-state index is 13.7. The van der Waals surface area contributed by atoms with Gasteiger partial charge in [0.1, 0.15) is 12.4 Å². The predicted octanol–water partition coefficient (Wildman–Crippen LogP) is 4.22. The van der Waals surface area contributed by atoms with Crippen LogP contribution in [0.4, 0.5) is 4.39 Å². The Kier molecular flexibility index (Phi) is 6.06. The summed E-state index contributed by atoms with van der Waals surface area (Å²) in [6, 6.07) is 19.1. The molecule has 0 unspecified atom stereocenters. The zero-order valence-electron chi connectivity index (χ0n) is 15.1. The Morgan fingerprint density at radius 3 is 2.39 bits per heavy atom. The minimum atomic E-state index is -3.78. The van der Waals surface area contributed by atoms with E-state index in [9.17, 15) is 12.8 Å². The number of rotatable bonds is 7. The topological polar surface area (TPSA) is 65.0 Å². The molecular formula is C21H18FNO4S. The minimum Gasteiger partial charge on any atom is -0.493 e. The Balaban J connectivity index is 1.77. The molecule has 3 rings (SSSR count). The van der Waals surface area contributed by atoms with Crippen molar-refractivity contribution in [2.45, 2.75) is 11.5 Å². The largest absolute Gasteiger partial charge is 0.493 e. The van der Waals surface area contributed by atoms with Crippen LogP contribution >= 0.6 is 0 Å². The standard InChI is InChI=1S/C21H18FNO4S/c1-26-21-13-16(14-23-28(24,25)18-8-3-2-4-9-18)11-12-20(21)27-15-17-7-5-6-10-19(17)22/h2-14H,15H2,1H3/b23-14-. The van der Waals surface area contributed by atoms with Crippen LogP contribution in [-0.2, 0) is 16.6 Å². The maximum atomic E-state index is 13.7. The van der Waals surface area contributed by atoms with Crippen LogP contribution in [0.25, 0.3) is 0 Å². The molecule has 3 aromatic rings. The molecular weight excluding hydrogens is 381 g/mol. The molecule has 0 spiro atoms. The summed E-state index contributed by atoms with van der Waals surface area (Å²) in [5.41, 5.74) is 0.943. The highest BCUT2D eigenvalue weighted by Gasteiger charge is 2.11. The number of hydrogen-bond donors (Lipinski definition) is 0. The summed E-state index contributed by atoms with van der Waals surface area (Å²) in [5, 5.41) is 0. The Labute approximate surface area is 163 Å². The lowest BCUT2D eigenvalue weighted by Crippen LogP contribution is -2.01. The van der Waals surface area contributed by atoms with Gasteiger partial charge in [-0.25, -0.2) is 4.39 Å². The first-order valence-electron chi connectivity index (χ1n) is 8.39. The molecule has 0 saturated heterocycles. The van der Waals surface area contributed by atoms with E-state index in [1.165, 1.54) is 31.5 Å². The number of ether oxygens (including phenoxy) is 2. The van der Waals surface area contributed by atoms with Gasteiger partial charge in [0.05, 0.1) is 12.0 Å². The van der Waals surface area contributed by atoms with Gasteiger partial charge in [0, 0.05) is 11.8 Å². The molecule has 5 nitrogen and oxygen atoms in total. The second kappa shape index (κ2) is 8.67. The van der Waals surface area contributed by atoms with E-state index in [2.05, 4.69) is 4.40 Å². The van der Waals surface area contributed by atoms with E-state index < -0.39 is 10.0 Å². The zero-order chi connectivity index (χ0) is 20.0. The van der Waals surface area contributed by atoms with Crippen LogP contribution < -0.4 is 9.47 Å². The molecule has 0 N–H and O–H groups in total. The minimum absolute atomic E-state index is 0.0405. The van der Waals surface area contributed by atoms with Crippen LogP contribution in [0.3, 0.4) is 0 Å². The molecule has 0 bridgehead atoms. The fourth-order valence-corrected chi connectivity index (χ4v) is 3.32.